The highest BCUT2D eigenvalue weighted by Crippen LogP contribution is 2.66. The number of hydrogen-bond donors (Lipinski definition) is 1. The molecule has 2 aliphatic carbocycles. The van der Waals surface area contributed by atoms with Crippen LogP contribution in [0.3, 0.4) is 0 Å². The first-order chi connectivity index (χ1) is 11.7. The van der Waals surface area contributed by atoms with E-state index in [-0.39, 0.29) is 16.9 Å². The first kappa shape index (κ1) is 17.8. The van der Waals surface area contributed by atoms with Gasteiger partial charge in [-0.25, -0.2) is 0 Å². The van der Waals surface area contributed by atoms with E-state index in [0.29, 0.717) is 11.5 Å². The molecule has 0 aromatic heterocycles. The maximum atomic E-state index is 11.3. The lowest BCUT2D eigenvalue weighted by molar-refractivity contribution is -0.139. The van der Waals surface area contributed by atoms with Gasteiger partial charge in [-0.05, 0) is 109 Å². The summed E-state index contributed by atoms with van der Waals surface area (Å²) in [5, 5.41) is 9.30. The molecule has 0 aromatic carbocycles. The first-order valence-electron chi connectivity index (χ1n) is 10.4. The van der Waals surface area contributed by atoms with Gasteiger partial charge in [0.25, 0.3) is 0 Å². The Balaban J connectivity index is 1.34. The molecule has 4 heteroatoms. The molecule has 0 aromatic rings. The van der Waals surface area contributed by atoms with Gasteiger partial charge < -0.3 is 10.0 Å². The zero-order chi connectivity index (χ0) is 18.0. The van der Waals surface area contributed by atoms with Gasteiger partial charge in [-0.3, -0.25) is 9.69 Å². The van der Waals surface area contributed by atoms with Gasteiger partial charge in [0.1, 0.15) is 0 Å². The van der Waals surface area contributed by atoms with Crippen molar-refractivity contribution >= 4 is 5.97 Å². The van der Waals surface area contributed by atoms with Crippen molar-refractivity contribution in [3.63, 3.8) is 0 Å². The van der Waals surface area contributed by atoms with Gasteiger partial charge in [0, 0.05) is 11.6 Å². The van der Waals surface area contributed by atoms with Crippen LogP contribution in [0, 0.1) is 22.7 Å². The minimum atomic E-state index is -0.564. The molecule has 0 radical (unpaired) electrons. The van der Waals surface area contributed by atoms with Gasteiger partial charge in [0.15, 0.2) is 0 Å². The molecule has 4 aliphatic rings. The second-order valence-corrected chi connectivity index (χ2v) is 10.3. The summed E-state index contributed by atoms with van der Waals surface area (Å²) < 4.78 is 0. The Labute approximate surface area is 152 Å². The fraction of sp³-hybridized carbons (Fsp3) is 0.952. The predicted molar refractivity (Wildman–Crippen MR) is 99.5 cm³/mol. The predicted octanol–water partition coefficient (Wildman–Crippen LogP) is 3.46. The van der Waals surface area contributed by atoms with Crippen LogP contribution in [-0.4, -0.2) is 58.6 Å². The van der Waals surface area contributed by atoms with E-state index in [2.05, 4.69) is 37.5 Å². The standard InChI is InChI=1S/C21H36N2O2/c1-15(2)22-9-5-21(6-10-22)14-17(21)19(3,4)23-11-7-20(8-12-23)13-16(20)18(24)25/h15-17H,5-14H2,1-4H3,(H,24,25). The molecule has 2 spiro atoms. The number of aliphatic carboxylic acids is 1. The number of carboxylic acids is 1. The molecule has 2 unspecified atom stereocenters. The summed E-state index contributed by atoms with van der Waals surface area (Å²) in [7, 11) is 0. The molecule has 142 valence electrons. The van der Waals surface area contributed by atoms with Crippen LogP contribution in [0.5, 0.6) is 0 Å². The summed E-state index contributed by atoms with van der Waals surface area (Å²) in [6.45, 7) is 14.3. The van der Waals surface area contributed by atoms with Gasteiger partial charge in [0.05, 0.1) is 5.92 Å². The SMILES string of the molecule is CC(C)N1CCC2(CC1)CC2C(C)(C)N1CCC2(CC1)CC2C(=O)O. The molecule has 2 aliphatic heterocycles. The molecule has 2 saturated heterocycles. The Morgan fingerprint density at radius 2 is 1.56 bits per heavy atom. The van der Waals surface area contributed by atoms with Crippen LogP contribution >= 0.6 is 0 Å². The number of rotatable bonds is 4. The number of nitrogens with zero attached hydrogens (tertiary/aromatic N) is 2. The average molecular weight is 349 g/mol. The van der Waals surface area contributed by atoms with Crippen LogP contribution < -0.4 is 0 Å². The topological polar surface area (TPSA) is 43.8 Å². The van der Waals surface area contributed by atoms with Crippen molar-refractivity contribution in [1.29, 1.82) is 0 Å². The van der Waals surface area contributed by atoms with E-state index in [9.17, 15) is 9.90 Å². The van der Waals surface area contributed by atoms with Gasteiger partial charge >= 0.3 is 5.97 Å². The van der Waals surface area contributed by atoms with Gasteiger partial charge in [-0.2, -0.15) is 0 Å². The normalized spacial score (nSPS) is 34.6. The molecule has 0 amide bonds. The summed E-state index contributed by atoms with van der Waals surface area (Å²) in [4.78, 5) is 16.6. The first-order valence-corrected chi connectivity index (χ1v) is 10.4. The number of likely N-dealkylation sites (tertiary alicyclic amines) is 2. The zero-order valence-electron chi connectivity index (χ0n) is 16.6. The summed E-state index contributed by atoms with van der Waals surface area (Å²) in [6, 6.07) is 0.682. The van der Waals surface area contributed by atoms with Crippen molar-refractivity contribution in [2.45, 2.75) is 77.8 Å². The van der Waals surface area contributed by atoms with Gasteiger partial charge in [-0.15, -0.1) is 0 Å². The Kier molecular flexibility index (Phi) is 4.05. The second kappa shape index (κ2) is 5.69. The van der Waals surface area contributed by atoms with E-state index < -0.39 is 5.97 Å². The third-order valence-corrected chi connectivity index (χ3v) is 8.63. The molecule has 2 saturated carbocycles. The van der Waals surface area contributed by atoms with Gasteiger partial charge in [-0.1, -0.05) is 0 Å². The molecule has 4 rings (SSSR count). The summed E-state index contributed by atoms with van der Waals surface area (Å²) in [5.41, 5.74) is 1.03. The summed E-state index contributed by atoms with van der Waals surface area (Å²) in [5.74, 6) is 0.217. The minimum absolute atomic E-state index is 0.0506. The Morgan fingerprint density at radius 3 is 2.04 bits per heavy atom. The maximum absolute atomic E-state index is 11.3. The lowest BCUT2D eigenvalue weighted by atomic mass is 9.81. The van der Waals surface area contributed by atoms with E-state index in [1.807, 2.05) is 0 Å². The average Bonchev–Trinajstić information content (AvgIpc) is 3.45. The highest BCUT2D eigenvalue weighted by atomic mass is 16.4. The summed E-state index contributed by atoms with van der Waals surface area (Å²) >= 11 is 0. The lowest BCUT2D eigenvalue weighted by Gasteiger charge is -2.46. The van der Waals surface area contributed by atoms with Crippen LogP contribution in [0.1, 0.15) is 66.2 Å². The molecule has 4 fully saturated rings. The molecule has 2 atom stereocenters. The molecule has 25 heavy (non-hydrogen) atoms. The van der Waals surface area contributed by atoms with Crippen molar-refractivity contribution in [3.05, 3.63) is 0 Å². The quantitative estimate of drug-likeness (QED) is 0.845. The number of carboxylic acid groups (broad SMARTS) is 1. The van der Waals surface area contributed by atoms with E-state index in [1.54, 1.807) is 0 Å². The van der Waals surface area contributed by atoms with Crippen molar-refractivity contribution in [3.8, 4) is 0 Å². The van der Waals surface area contributed by atoms with Crippen molar-refractivity contribution in [2.24, 2.45) is 22.7 Å². The van der Waals surface area contributed by atoms with Crippen molar-refractivity contribution in [1.82, 2.24) is 9.80 Å². The number of piperidine rings is 2. The fourth-order valence-electron chi connectivity index (χ4n) is 6.38. The number of carbonyl (C=O) groups is 1. The zero-order valence-corrected chi connectivity index (χ0v) is 16.6. The Morgan fingerprint density at radius 1 is 1.00 bits per heavy atom. The maximum Gasteiger partial charge on any atom is 0.307 e. The molecule has 4 nitrogen and oxygen atoms in total. The van der Waals surface area contributed by atoms with E-state index in [4.69, 9.17) is 0 Å². The summed E-state index contributed by atoms with van der Waals surface area (Å²) in [6.07, 6.45) is 7.26. The van der Waals surface area contributed by atoms with E-state index >= 15 is 0 Å². The Hall–Kier alpha value is -0.610. The van der Waals surface area contributed by atoms with Crippen LogP contribution in [0.15, 0.2) is 0 Å². The van der Waals surface area contributed by atoms with Crippen molar-refractivity contribution < 1.29 is 9.90 Å². The molecule has 2 heterocycles. The smallest absolute Gasteiger partial charge is 0.307 e. The van der Waals surface area contributed by atoms with Gasteiger partial charge in [0.2, 0.25) is 0 Å². The second-order valence-electron chi connectivity index (χ2n) is 10.3. The van der Waals surface area contributed by atoms with Crippen molar-refractivity contribution in [2.75, 3.05) is 26.2 Å². The largest absolute Gasteiger partial charge is 0.481 e. The minimum Gasteiger partial charge on any atom is -0.481 e. The molecular formula is C21H36N2O2. The number of hydrogen-bond acceptors (Lipinski definition) is 3. The molecule has 0 bridgehead atoms. The van der Waals surface area contributed by atoms with Crippen LogP contribution in [-0.2, 0) is 4.79 Å². The van der Waals surface area contributed by atoms with Crippen LogP contribution in [0.25, 0.3) is 0 Å². The highest BCUT2D eigenvalue weighted by Gasteiger charge is 2.64. The highest BCUT2D eigenvalue weighted by molar-refractivity contribution is 5.74. The third kappa shape index (κ3) is 2.84. The van der Waals surface area contributed by atoms with Crippen LogP contribution in [0.4, 0.5) is 0 Å². The lowest BCUT2D eigenvalue weighted by Crippen LogP contribution is -2.52. The third-order valence-electron chi connectivity index (χ3n) is 8.63. The van der Waals surface area contributed by atoms with Crippen LogP contribution in [0.2, 0.25) is 0 Å². The van der Waals surface area contributed by atoms with E-state index in [1.165, 1.54) is 32.4 Å². The molecule has 1 N–H and O–H groups in total. The van der Waals surface area contributed by atoms with E-state index in [0.717, 1.165) is 38.3 Å². The Bertz CT molecular complexity index is 540. The monoisotopic (exact) mass is 348 g/mol. The molecular weight excluding hydrogens is 312 g/mol. The fourth-order valence-corrected chi connectivity index (χ4v) is 6.38.